The average molecular weight is 457 g/mol. The van der Waals surface area contributed by atoms with Gasteiger partial charge in [-0.05, 0) is 91.8 Å². The van der Waals surface area contributed by atoms with Crippen molar-refractivity contribution in [2.45, 2.75) is 137 Å². The van der Waals surface area contributed by atoms with E-state index in [0.717, 1.165) is 48.9 Å². The van der Waals surface area contributed by atoms with Crippen LogP contribution in [0.25, 0.3) is 0 Å². The van der Waals surface area contributed by atoms with E-state index >= 15 is 0 Å². The van der Waals surface area contributed by atoms with Crippen LogP contribution in [0.1, 0.15) is 131 Å². The lowest BCUT2D eigenvalue weighted by atomic mass is 9.47. The van der Waals surface area contributed by atoms with Crippen LogP contribution in [0.15, 0.2) is 11.6 Å². The lowest BCUT2D eigenvalue weighted by Gasteiger charge is -2.58. The van der Waals surface area contributed by atoms with Crippen molar-refractivity contribution < 1.29 is 9.53 Å². The molecule has 33 heavy (non-hydrogen) atoms. The zero-order chi connectivity index (χ0) is 23.6. The Labute approximate surface area is 204 Å². The molecule has 3 saturated carbocycles. The van der Waals surface area contributed by atoms with Crippen molar-refractivity contribution in [3.63, 3.8) is 0 Å². The van der Waals surface area contributed by atoms with Crippen LogP contribution in [-0.2, 0) is 9.53 Å². The van der Waals surface area contributed by atoms with Crippen molar-refractivity contribution in [3.05, 3.63) is 11.6 Å². The van der Waals surface area contributed by atoms with Gasteiger partial charge in [0.25, 0.3) is 0 Å². The summed E-state index contributed by atoms with van der Waals surface area (Å²) < 4.78 is 5.86. The number of rotatable bonds is 9. The number of unbranched alkanes of at least 4 members (excludes halogenated alkanes) is 3. The highest BCUT2D eigenvalue weighted by Crippen LogP contribution is 2.67. The maximum Gasteiger partial charge on any atom is 0.306 e. The minimum atomic E-state index is 0.00892. The molecule has 3 fully saturated rings. The molecule has 4 aliphatic rings. The van der Waals surface area contributed by atoms with Gasteiger partial charge in [0.15, 0.2) is 0 Å². The fraction of sp³-hybridized carbons (Fsp3) is 0.903. The van der Waals surface area contributed by atoms with Gasteiger partial charge in [-0.3, -0.25) is 4.79 Å². The Morgan fingerprint density at radius 1 is 1.03 bits per heavy atom. The van der Waals surface area contributed by atoms with Gasteiger partial charge in [0, 0.05) is 12.8 Å². The van der Waals surface area contributed by atoms with E-state index in [2.05, 4.69) is 40.7 Å². The number of ether oxygens (including phenoxy) is 1. The molecule has 0 spiro atoms. The van der Waals surface area contributed by atoms with Crippen LogP contribution in [-0.4, -0.2) is 12.1 Å². The first kappa shape index (κ1) is 25.3. The summed E-state index contributed by atoms with van der Waals surface area (Å²) in [4.78, 5) is 12.1. The van der Waals surface area contributed by atoms with Crippen LogP contribution >= 0.6 is 0 Å². The van der Waals surface area contributed by atoms with Gasteiger partial charge in [-0.25, -0.2) is 0 Å². The van der Waals surface area contributed by atoms with Gasteiger partial charge < -0.3 is 4.74 Å². The summed E-state index contributed by atoms with van der Waals surface area (Å²) in [6.45, 7) is 12.2. The molecule has 0 bridgehead atoms. The van der Waals surface area contributed by atoms with Crippen molar-refractivity contribution in [2.24, 2.45) is 40.4 Å². The predicted molar refractivity (Wildman–Crippen MR) is 138 cm³/mol. The summed E-state index contributed by atoms with van der Waals surface area (Å²) in [5.41, 5.74) is 2.55. The van der Waals surface area contributed by atoms with E-state index in [1.165, 1.54) is 70.6 Å². The molecular formula is C31H52O2. The van der Waals surface area contributed by atoms with Crippen LogP contribution < -0.4 is 0 Å². The number of esters is 1. The monoisotopic (exact) mass is 456 g/mol. The minimum Gasteiger partial charge on any atom is -0.462 e. The number of hydrogen-bond acceptors (Lipinski definition) is 2. The van der Waals surface area contributed by atoms with Gasteiger partial charge in [-0.15, -0.1) is 0 Å². The highest BCUT2D eigenvalue weighted by atomic mass is 16.5. The summed E-state index contributed by atoms with van der Waals surface area (Å²) in [6.07, 6.45) is 21.6. The average Bonchev–Trinajstić information content (AvgIpc) is 3.14. The van der Waals surface area contributed by atoms with Crippen LogP contribution in [0.3, 0.4) is 0 Å². The third-order valence-electron chi connectivity index (χ3n) is 11.1. The van der Waals surface area contributed by atoms with E-state index in [0.29, 0.717) is 17.3 Å². The molecule has 4 rings (SSSR count). The van der Waals surface area contributed by atoms with E-state index in [1.807, 2.05) is 0 Å². The van der Waals surface area contributed by atoms with Gasteiger partial charge in [0.2, 0.25) is 0 Å². The second kappa shape index (κ2) is 10.4. The minimum absolute atomic E-state index is 0.00892. The Morgan fingerprint density at radius 2 is 1.85 bits per heavy atom. The second-order valence-electron chi connectivity index (χ2n) is 12.9. The summed E-state index contributed by atoms with van der Waals surface area (Å²) in [5.74, 6) is 4.50. The fourth-order valence-electron chi connectivity index (χ4n) is 9.25. The smallest absolute Gasteiger partial charge is 0.306 e. The molecule has 2 nitrogen and oxygen atoms in total. The summed E-state index contributed by atoms with van der Waals surface area (Å²) in [6, 6.07) is 0. The Balaban J connectivity index is 1.42. The first-order valence-electron chi connectivity index (χ1n) is 14.7. The van der Waals surface area contributed by atoms with Gasteiger partial charge in [-0.1, -0.05) is 78.4 Å². The number of carbonyl (C=O) groups excluding carboxylic acids is 1. The van der Waals surface area contributed by atoms with Crippen LogP contribution in [0.4, 0.5) is 0 Å². The van der Waals surface area contributed by atoms with E-state index in [-0.39, 0.29) is 12.1 Å². The molecule has 2 heteroatoms. The molecule has 0 aromatic carbocycles. The molecule has 8 atom stereocenters. The van der Waals surface area contributed by atoms with Crippen molar-refractivity contribution in [2.75, 3.05) is 0 Å². The van der Waals surface area contributed by atoms with Crippen molar-refractivity contribution >= 4 is 5.97 Å². The molecule has 0 heterocycles. The Bertz CT molecular complexity index is 710. The third kappa shape index (κ3) is 4.84. The quantitative estimate of drug-likeness (QED) is 0.197. The maximum absolute atomic E-state index is 12.1. The molecule has 0 aromatic rings. The predicted octanol–water partition coefficient (Wildman–Crippen LogP) is 8.88. The van der Waals surface area contributed by atoms with Gasteiger partial charge in [-0.2, -0.15) is 0 Å². The molecule has 4 aliphatic carbocycles. The number of allylic oxidation sites excluding steroid dienone is 1. The third-order valence-corrected chi connectivity index (χ3v) is 11.1. The maximum atomic E-state index is 12.1. The van der Waals surface area contributed by atoms with Gasteiger partial charge in [0.1, 0.15) is 6.10 Å². The normalized spacial score (nSPS) is 40.9. The molecule has 0 aromatic heterocycles. The van der Waals surface area contributed by atoms with E-state index < -0.39 is 0 Å². The zero-order valence-corrected chi connectivity index (χ0v) is 22.5. The topological polar surface area (TPSA) is 26.3 Å². The Kier molecular flexibility index (Phi) is 8.01. The van der Waals surface area contributed by atoms with Crippen LogP contribution in [0, 0.1) is 40.4 Å². The highest BCUT2D eigenvalue weighted by molar-refractivity contribution is 5.69. The summed E-state index contributed by atoms with van der Waals surface area (Å²) >= 11 is 0. The molecule has 0 aliphatic heterocycles. The summed E-state index contributed by atoms with van der Waals surface area (Å²) in [7, 11) is 0. The zero-order valence-electron chi connectivity index (χ0n) is 22.5. The first-order valence-corrected chi connectivity index (χ1v) is 14.7. The number of carbonyl (C=O) groups is 1. The second-order valence-corrected chi connectivity index (χ2v) is 12.9. The van der Waals surface area contributed by atoms with Gasteiger partial charge >= 0.3 is 5.97 Å². The Hall–Kier alpha value is -0.790. The number of hydrogen-bond donors (Lipinski definition) is 0. The molecule has 188 valence electrons. The fourth-order valence-corrected chi connectivity index (χ4v) is 9.25. The molecule has 0 amide bonds. The molecule has 0 radical (unpaired) electrons. The number of fused-ring (bicyclic) bond motifs is 5. The van der Waals surface area contributed by atoms with E-state index in [1.54, 1.807) is 5.57 Å². The first-order chi connectivity index (χ1) is 15.8. The SMILES string of the molecule is CCCCCCC(C)C1CCC2C3CC=C4CC(OC(=O)CCC)CCC4(C)C3CCC12C. The largest absolute Gasteiger partial charge is 0.462 e. The van der Waals surface area contributed by atoms with E-state index in [9.17, 15) is 4.79 Å². The lowest BCUT2D eigenvalue weighted by molar-refractivity contribution is -0.151. The summed E-state index contributed by atoms with van der Waals surface area (Å²) in [5, 5.41) is 0. The van der Waals surface area contributed by atoms with Crippen molar-refractivity contribution in [1.82, 2.24) is 0 Å². The van der Waals surface area contributed by atoms with Crippen molar-refractivity contribution in [1.29, 1.82) is 0 Å². The van der Waals surface area contributed by atoms with Crippen LogP contribution in [0.2, 0.25) is 0 Å². The molecule has 0 N–H and O–H groups in total. The van der Waals surface area contributed by atoms with Crippen LogP contribution in [0.5, 0.6) is 0 Å². The standard InChI is InChI=1S/C31H52O2/c1-6-8-9-10-12-22(3)26-15-16-27-25-14-13-23-21-24(33-29(32)11-7-2)17-19-30(23,4)28(25)18-20-31(26,27)5/h13,22,24-28H,6-12,14-21H2,1-5H3. The Morgan fingerprint density at radius 3 is 2.61 bits per heavy atom. The lowest BCUT2D eigenvalue weighted by Crippen LogP contribution is -2.51. The molecule has 0 saturated heterocycles. The van der Waals surface area contributed by atoms with Crippen molar-refractivity contribution in [3.8, 4) is 0 Å². The van der Waals surface area contributed by atoms with Gasteiger partial charge in [0.05, 0.1) is 0 Å². The molecular weight excluding hydrogens is 404 g/mol. The molecule has 8 unspecified atom stereocenters. The van der Waals surface area contributed by atoms with E-state index in [4.69, 9.17) is 4.74 Å². The highest BCUT2D eigenvalue weighted by Gasteiger charge is 2.59.